The van der Waals surface area contributed by atoms with E-state index >= 15 is 0 Å². The van der Waals surface area contributed by atoms with Gasteiger partial charge in [-0.05, 0) is 50.4 Å². The zero-order chi connectivity index (χ0) is 10.8. The first-order valence-electron chi connectivity index (χ1n) is 5.65. The number of aryl methyl sites for hydroxylation is 3. The monoisotopic (exact) mass is 201 g/mol. The summed E-state index contributed by atoms with van der Waals surface area (Å²) in [6.45, 7) is 8.76. The molecule has 1 nitrogen and oxygen atoms in total. The van der Waals surface area contributed by atoms with Gasteiger partial charge in [-0.25, -0.2) is 0 Å². The van der Waals surface area contributed by atoms with Crippen LogP contribution in [0.3, 0.4) is 0 Å². The summed E-state index contributed by atoms with van der Waals surface area (Å²) in [5, 5.41) is 3.37. The maximum absolute atomic E-state index is 3.37. The number of nitrogens with one attached hydrogen (secondary N) is 1. The molecule has 1 saturated heterocycles. The molecule has 1 aliphatic heterocycles. The summed E-state index contributed by atoms with van der Waals surface area (Å²) in [6, 6.07) is 4.53. The Bertz CT molecular complexity index is 371. The predicted octanol–water partition coefficient (Wildman–Crippen LogP) is 2.99. The Morgan fingerprint density at radius 2 is 1.80 bits per heavy atom. The first-order chi connectivity index (χ1) is 7.16. The lowest BCUT2D eigenvalue weighted by molar-refractivity contribution is 0.862. The molecule has 2 rings (SSSR count). The van der Waals surface area contributed by atoms with Crippen molar-refractivity contribution >= 4 is 6.08 Å². The van der Waals surface area contributed by atoms with E-state index in [0.717, 1.165) is 13.1 Å². The minimum absolute atomic E-state index is 1.06. The van der Waals surface area contributed by atoms with Gasteiger partial charge in [-0.3, -0.25) is 0 Å². The predicted molar refractivity (Wildman–Crippen MR) is 66.1 cm³/mol. The van der Waals surface area contributed by atoms with Crippen molar-refractivity contribution in [2.75, 3.05) is 13.1 Å². The second-order valence-corrected chi connectivity index (χ2v) is 4.54. The van der Waals surface area contributed by atoms with Gasteiger partial charge in [0.15, 0.2) is 0 Å². The Morgan fingerprint density at radius 3 is 2.33 bits per heavy atom. The summed E-state index contributed by atoms with van der Waals surface area (Å²) in [4.78, 5) is 0. The van der Waals surface area contributed by atoms with Crippen LogP contribution < -0.4 is 5.32 Å². The van der Waals surface area contributed by atoms with Gasteiger partial charge in [0, 0.05) is 6.54 Å². The van der Waals surface area contributed by atoms with Crippen molar-refractivity contribution in [3.05, 3.63) is 40.0 Å². The molecule has 1 aromatic carbocycles. The van der Waals surface area contributed by atoms with Gasteiger partial charge in [0.05, 0.1) is 0 Å². The maximum atomic E-state index is 3.37. The quantitative estimate of drug-likeness (QED) is 0.736. The van der Waals surface area contributed by atoms with Gasteiger partial charge in [0.25, 0.3) is 0 Å². The van der Waals surface area contributed by atoms with Gasteiger partial charge in [-0.1, -0.05) is 29.3 Å². The molecule has 1 fully saturated rings. The fourth-order valence-electron chi connectivity index (χ4n) is 2.33. The second-order valence-electron chi connectivity index (χ2n) is 4.54. The van der Waals surface area contributed by atoms with E-state index in [-0.39, 0.29) is 0 Å². The van der Waals surface area contributed by atoms with Gasteiger partial charge in [0.1, 0.15) is 0 Å². The summed E-state index contributed by atoms with van der Waals surface area (Å²) >= 11 is 0. The molecule has 1 N–H and O–H groups in total. The van der Waals surface area contributed by atoms with Crippen LogP contribution in [-0.4, -0.2) is 13.1 Å². The Balaban J connectivity index is 2.39. The second kappa shape index (κ2) is 4.19. The summed E-state index contributed by atoms with van der Waals surface area (Å²) in [5.74, 6) is 0. The Morgan fingerprint density at radius 1 is 1.13 bits per heavy atom. The van der Waals surface area contributed by atoms with Crippen molar-refractivity contribution in [1.82, 2.24) is 5.32 Å². The molecule has 0 bridgehead atoms. The molecular formula is C14H19N. The van der Waals surface area contributed by atoms with E-state index in [1.54, 1.807) is 0 Å². The van der Waals surface area contributed by atoms with E-state index in [9.17, 15) is 0 Å². The van der Waals surface area contributed by atoms with Crippen LogP contribution in [0.4, 0.5) is 0 Å². The number of benzene rings is 1. The van der Waals surface area contributed by atoms with Crippen molar-refractivity contribution in [2.45, 2.75) is 27.2 Å². The topological polar surface area (TPSA) is 12.0 Å². The molecule has 0 radical (unpaired) electrons. The fraction of sp³-hybridized carbons (Fsp3) is 0.429. The Labute approximate surface area is 92.2 Å². The zero-order valence-corrected chi connectivity index (χ0v) is 9.85. The maximum Gasteiger partial charge on any atom is 0.0168 e. The Hall–Kier alpha value is -1.08. The van der Waals surface area contributed by atoms with Gasteiger partial charge < -0.3 is 5.32 Å². The highest BCUT2D eigenvalue weighted by atomic mass is 14.9. The summed E-state index contributed by atoms with van der Waals surface area (Å²) in [7, 11) is 0. The van der Waals surface area contributed by atoms with E-state index in [1.165, 1.54) is 34.2 Å². The molecule has 0 unspecified atom stereocenters. The molecule has 0 aromatic heterocycles. The van der Waals surface area contributed by atoms with Crippen molar-refractivity contribution in [3.63, 3.8) is 0 Å². The van der Waals surface area contributed by atoms with Crippen LogP contribution in [0.15, 0.2) is 17.7 Å². The van der Waals surface area contributed by atoms with Gasteiger partial charge in [0.2, 0.25) is 0 Å². The molecule has 1 aromatic rings. The first-order valence-corrected chi connectivity index (χ1v) is 5.65. The summed E-state index contributed by atoms with van der Waals surface area (Å²) in [5.41, 5.74) is 7.10. The molecule has 15 heavy (non-hydrogen) atoms. The minimum atomic E-state index is 1.06. The van der Waals surface area contributed by atoms with Crippen molar-refractivity contribution in [2.24, 2.45) is 0 Å². The molecule has 1 aliphatic rings. The molecular weight excluding hydrogens is 182 g/mol. The number of rotatable bonds is 1. The van der Waals surface area contributed by atoms with Crippen LogP contribution >= 0.6 is 0 Å². The zero-order valence-electron chi connectivity index (χ0n) is 9.85. The molecule has 0 amide bonds. The molecule has 1 heterocycles. The SMILES string of the molecule is Cc1cc(C)c(C=C2CCNC2)c(C)c1. The van der Waals surface area contributed by atoms with Crippen LogP contribution in [0.1, 0.15) is 28.7 Å². The highest BCUT2D eigenvalue weighted by Gasteiger charge is 2.07. The lowest BCUT2D eigenvalue weighted by Crippen LogP contribution is -2.04. The van der Waals surface area contributed by atoms with E-state index in [4.69, 9.17) is 0 Å². The highest BCUT2D eigenvalue weighted by molar-refractivity contribution is 5.61. The van der Waals surface area contributed by atoms with E-state index in [0.29, 0.717) is 0 Å². The van der Waals surface area contributed by atoms with Crippen molar-refractivity contribution in [3.8, 4) is 0 Å². The van der Waals surface area contributed by atoms with E-state index < -0.39 is 0 Å². The van der Waals surface area contributed by atoms with E-state index in [1.807, 2.05) is 0 Å². The van der Waals surface area contributed by atoms with Crippen molar-refractivity contribution < 1.29 is 0 Å². The third-order valence-electron chi connectivity index (χ3n) is 3.06. The molecule has 1 heteroatoms. The third-order valence-corrected chi connectivity index (χ3v) is 3.06. The summed E-state index contributed by atoms with van der Waals surface area (Å²) < 4.78 is 0. The normalized spacial score (nSPS) is 18.7. The lowest BCUT2D eigenvalue weighted by atomic mass is 9.97. The molecule has 0 atom stereocenters. The molecule has 0 aliphatic carbocycles. The van der Waals surface area contributed by atoms with Crippen LogP contribution in [0.5, 0.6) is 0 Å². The van der Waals surface area contributed by atoms with Crippen LogP contribution in [-0.2, 0) is 0 Å². The average molecular weight is 201 g/mol. The van der Waals surface area contributed by atoms with Crippen LogP contribution in [0, 0.1) is 20.8 Å². The molecule has 0 saturated carbocycles. The number of hydrogen-bond acceptors (Lipinski definition) is 1. The Kier molecular flexibility index (Phi) is 2.92. The van der Waals surface area contributed by atoms with Crippen LogP contribution in [0.2, 0.25) is 0 Å². The van der Waals surface area contributed by atoms with Gasteiger partial charge in [-0.2, -0.15) is 0 Å². The third kappa shape index (κ3) is 2.29. The van der Waals surface area contributed by atoms with E-state index in [2.05, 4.69) is 44.3 Å². The highest BCUT2D eigenvalue weighted by Crippen LogP contribution is 2.21. The smallest absolute Gasteiger partial charge is 0.0168 e. The summed E-state index contributed by atoms with van der Waals surface area (Å²) in [6.07, 6.45) is 3.57. The largest absolute Gasteiger partial charge is 0.313 e. The average Bonchev–Trinajstić information content (AvgIpc) is 2.63. The lowest BCUT2D eigenvalue weighted by Gasteiger charge is -2.08. The molecule has 0 spiro atoms. The first kappa shape index (κ1) is 10.4. The standard InChI is InChI=1S/C14H19N/c1-10-6-11(2)14(12(3)7-10)8-13-4-5-15-9-13/h6-8,15H,4-5,9H2,1-3H3. The fourth-order valence-corrected chi connectivity index (χ4v) is 2.33. The van der Waals surface area contributed by atoms with Crippen molar-refractivity contribution in [1.29, 1.82) is 0 Å². The number of hydrogen-bond donors (Lipinski definition) is 1. The van der Waals surface area contributed by atoms with Gasteiger partial charge >= 0.3 is 0 Å². The van der Waals surface area contributed by atoms with Gasteiger partial charge in [-0.15, -0.1) is 0 Å². The molecule has 80 valence electrons. The van der Waals surface area contributed by atoms with Crippen LogP contribution in [0.25, 0.3) is 6.08 Å². The minimum Gasteiger partial charge on any atom is -0.313 e.